The second-order valence-corrected chi connectivity index (χ2v) is 8.93. The van der Waals surface area contributed by atoms with Gasteiger partial charge in [0.15, 0.2) is 0 Å². The first-order valence-corrected chi connectivity index (χ1v) is 11.8. The molecular formula is C27H23BrN4O. The van der Waals surface area contributed by atoms with Crippen molar-refractivity contribution in [1.29, 1.82) is 0 Å². The summed E-state index contributed by atoms with van der Waals surface area (Å²) in [7, 11) is 0. The fourth-order valence-corrected chi connectivity index (χ4v) is 4.47. The molecule has 6 heteroatoms. The molecule has 2 heterocycles. The SMILES string of the molecule is CCCc1nc2ccc(Br)cc2c(=O)n1N=Cc1cn(Cc2ccccc2)c2ccccc12. The Labute approximate surface area is 200 Å². The van der Waals surface area contributed by atoms with Crippen LogP contribution in [0.1, 0.15) is 30.3 Å². The molecule has 0 aliphatic rings. The minimum Gasteiger partial charge on any atom is -0.342 e. The van der Waals surface area contributed by atoms with Gasteiger partial charge in [0.05, 0.1) is 17.1 Å². The molecule has 0 N–H and O–H groups in total. The topological polar surface area (TPSA) is 52.2 Å². The smallest absolute Gasteiger partial charge is 0.282 e. The van der Waals surface area contributed by atoms with Gasteiger partial charge in [0.2, 0.25) is 0 Å². The molecule has 0 aliphatic carbocycles. The average Bonchev–Trinajstić information content (AvgIpc) is 3.18. The largest absolute Gasteiger partial charge is 0.342 e. The van der Waals surface area contributed by atoms with E-state index >= 15 is 0 Å². The fourth-order valence-electron chi connectivity index (χ4n) is 4.11. The maximum Gasteiger partial charge on any atom is 0.282 e. The van der Waals surface area contributed by atoms with Crippen molar-refractivity contribution < 1.29 is 0 Å². The number of aromatic nitrogens is 3. The molecule has 5 aromatic rings. The van der Waals surface area contributed by atoms with Crippen molar-refractivity contribution in [2.24, 2.45) is 5.10 Å². The van der Waals surface area contributed by atoms with Crippen molar-refractivity contribution in [2.45, 2.75) is 26.3 Å². The summed E-state index contributed by atoms with van der Waals surface area (Å²) in [6, 6.07) is 24.2. The molecule has 0 unspecified atom stereocenters. The first kappa shape index (κ1) is 21.3. The number of halogens is 1. The molecule has 0 aliphatic heterocycles. The lowest BCUT2D eigenvalue weighted by Gasteiger charge is -2.08. The lowest BCUT2D eigenvalue weighted by Crippen LogP contribution is -2.22. The number of hydrogen-bond donors (Lipinski definition) is 0. The van der Waals surface area contributed by atoms with Crippen molar-refractivity contribution in [3.8, 4) is 0 Å². The lowest BCUT2D eigenvalue weighted by atomic mass is 10.2. The minimum absolute atomic E-state index is 0.158. The number of aryl methyl sites for hydroxylation is 1. The molecule has 0 saturated heterocycles. The Hall–Kier alpha value is -3.51. The van der Waals surface area contributed by atoms with Crippen LogP contribution in [-0.2, 0) is 13.0 Å². The molecule has 164 valence electrons. The van der Waals surface area contributed by atoms with E-state index in [9.17, 15) is 4.79 Å². The van der Waals surface area contributed by atoms with Gasteiger partial charge in [-0.3, -0.25) is 4.79 Å². The summed E-state index contributed by atoms with van der Waals surface area (Å²) >= 11 is 3.46. The van der Waals surface area contributed by atoms with Crippen molar-refractivity contribution in [1.82, 2.24) is 14.2 Å². The molecular weight excluding hydrogens is 476 g/mol. The van der Waals surface area contributed by atoms with Crippen LogP contribution in [0, 0.1) is 0 Å². The zero-order valence-corrected chi connectivity index (χ0v) is 19.9. The van der Waals surface area contributed by atoms with E-state index in [0.717, 1.165) is 33.9 Å². The predicted molar refractivity (Wildman–Crippen MR) is 138 cm³/mol. The van der Waals surface area contributed by atoms with E-state index in [4.69, 9.17) is 4.98 Å². The van der Waals surface area contributed by atoms with E-state index in [1.165, 1.54) is 10.2 Å². The molecule has 0 atom stereocenters. The molecule has 0 bridgehead atoms. The van der Waals surface area contributed by atoms with Gasteiger partial charge in [-0.25, -0.2) is 4.98 Å². The Kier molecular flexibility index (Phi) is 5.92. The zero-order chi connectivity index (χ0) is 22.8. The van der Waals surface area contributed by atoms with E-state index in [0.29, 0.717) is 23.1 Å². The Morgan fingerprint density at radius 2 is 1.79 bits per heavy atom. The van der Waals surface area contributed by atoms with E-state index in [1.54, 1.807) is 12.3 Å². The Bertz CT molecular complexity index is 1530. The van der Waals surface area contributed by atoms with Gasteiger partial charge in [-0.05, 0) is 36.2 Å². The van der Waals surface area contributed by atoms with Gasteiger partial charge in [0.1, 0.15) is 5.82 Å². The first-order valence-electron chi connectivity index (χ1n) is 11.0. The number of rotatable bonds is 6. The van der Waals surface area contributed by atoms with Gasteiger partial charge < -0.3 is 4.57 Å². The molecule has 3 aromatic carbocycles. The highest BCUT2D eigenvalue weighted by molar-refractivity contribution is 9.10. The van der Waals surface area contributed by atoms with Crippen LogP contribution in [0.15, 0.2) is 93.4 Å². The van der Waals surface area contributed by atoms with E-state index in [-0.39, 0.29) is 5.56 Å². The van der Waals surface area contributed by atoms with Gasteiger partial charge in [-0.2, -0.15) is 9.78 Å². The summed E-state index contributed by atoms with van der Waals surface area (Å²) in [6.07, 6.45) is 5.42. The van der Waals surface area contributed by atoms with Gasteiger partial charge in [-0.15, -0.1) is 0 Å². The van der Waals surface area contributed by atoms with Crippen LogP contribution < -0.4 is 5.56 Å². The fraction of sp³-hybridized carbons (Fsp3) is 0.148. The summed E-state index contributed by atoms with van der Waals surface area (Å²) in [5, 5.41) is 6.28. The van der Waals surface area contributed by atoms with Gasteiger partial charge >= 0.3 is 0 Å². The quantitative estimate of drug-likeness (QED) is 0.269. The number of hydrogen-bond acceptors (Lipinski definition) is 3. The Balaban J connectivity index is 1.61. The molecule has 0 amide bonds. The maximum absolute atomic E-state index is 13.3. The van der Waals surface area contributed by atoms with Crippen LogP contribution in [0.25, 0.3) is 21.8 Å². The van der Waals surface area contributed by atoms with Crippen LogP contribution in [-0.4, -0.2) is 20.4 Å². The van der Waals surface area contributed by atoms with Crippen LogP contribution in [0.4, 0.5) is 0 Å². The number of nitrogens with zero attached hydrogens (tertiary/aromatic N) is 4. The second-order valence-electron chi connectivity index (χ2n) is 8.02. The summed E-state index contributed by atoms with van der Waals surface area (Å²) in [5.41, 5.74) is 3.86. The summed E-state index contributed by atoms with van der Waals surface area (Å²) in [6.45, 7) is 2.84. The molecule has 2 aromatic heterocycles. The average molecular weight is 499 g/mol. The van der Waals surface area contributed by atoms with Crippen LogP contribution >= 0.6 is 15.9 Å². The standard InChI is InChI=1S/C27H23BrN4O/c1-2-8-26-30-24-14-13-21(28)15-23(24)27(33)32(26)29-16-20-18-31(17-19-9-4-3-5-10-19)25-12-7-6-11-22(20)25/h3-7,9-16,18H,2,8,17H2,1H3. The van der Waals surface area contributed by atoms with Crippen LogP contribution in [0.3, 0.4) is 0 Å². The third-order valence-corrected chi connectivity index (χ3v) is 6.17. The van der Waals surface area contributed by atoms with Crippen LogP contribution in [0.5, 0.6) is 0 Å². The first-order chi connectivity index (χ1) is 16.1. The Morgan fingerprint density at radius 1 is 1.00 bits per heavy atom. The molecule has 0 fully saturated rings. The third kappa shape index (κ3) is 4.26. The number of para-hydroxylation sites is 1. The highest BCUT2D eigenvalue weighted by Gasteiger charge is 2.12. The maximum atomic E-state index is 13.3. The summed E-state index contributed by atoms with van der Waals surface area (Å²) in [5.74, 6) is 0.668. The van der Waals surface area contributed by atoms with Crippen LogP contribution in [0.2, 0.25) is 0 Å². The van der Waals surface area contributed by atoms with Crippen molar-refractivity contribution in [3.63, 3.8) is 0 Å². The van der Waals surface area contributed by atoms with Crippen molar-refractivity contribution in [3.05, 3.63) is 111 Å². The molecule has 33 heavy (non-hydrogen) atoms. The Morgan fingerprint density at radius 3 is 2.61 bits per heavy atom. The monoisotopic (exact) mass is 498 g/mol. The normalized spacial score (nSPS) is 11.7. The lowest BCUT2D eigenvalue weighted by molar-refractivity contribution is 0.704. The minimum atomic E-state index is -0.158. The van der Waals surface area contributed by atoms with Gasteiger partial charge in [-0.1, -0.05) is 71.4 Å². The predicted octanol–water partition coefficient (Wildman–Crippen LogP) is 6.00. The number of benzene rings is 3. The van der Waals surface area contributed by atoms with E-state index < -0.39 is 0 Å². The summed E-state index contributed by atoms with van der Waals surface area (Å²) < 4.78 is 4.51. The van der Waals surface area contributed by atoms with E-state index in [2.05, 4.69) is 75.1 Å². The van der Waals surface area contributed by atoms with Crippen molar-refractivity contribution in [2.75, 3.05) is 0 Å². The van der Waals surface area contributed by atoms with E-state index in [1.807, 2.05) is 30.3 Å². The molecule has 0 radical (unpaired) electrons. The molecule has 5 nitrogen and oxygen atoms in total. The molecule has 0 saturated carbocycles. The van der Waals surface area contributed by atoms with Crippen molar-refractivity contribution >= 4 is 44.0 Å². The van der Waals surface area contributed by atoms with Gasteiger partial charge in [0.25, 0.3) is 5.56 Å². The summed E-state index contributed by atoms with van der Waals surface area (Å²) in [4.78, 5) is 18.0. The molecule has 0 spiro atoms. The third-order valence-electron chi connectivity index (χ3n) is 5.68. The highest BCUT2D eigenvalue weighted by atomic mass is 79.9. The zero-order valence-electron chi connectivity index (χ0n) is 18.3. The molecule has 5 rings (SSSR count). The number of fused-ring (bicyclic) bond motifs is 2. The highest BCUT2D eigenvalue weighted by Crippen LogP contribution is 2.22. The van der Waals surface area contributed by atoms with Gasteiger partial charge in [0, 0.05) is 40.1 Å². The second kappa shape index (κ2) is 9.16.